The lowest BCUT2D eigenvalue weighted by Crippen LogP contribution is -2.24. The Morgan fingerprint density at radius 1 is 1.33 bits per heavy atom. The quantitative estimate of drug-likeness (QED) is 0.285. The second-order valence-electron chi connectivity index (χ2n) is 7.21. The van der Waals surface area contributed by atoms with E-state index < -0.39 is 0 Å². The van der Waals surface area contributed by atoms with Gasteiger partial charge < -0.3 is 5.32 Å². The predicted octanol–water partition coefficient (Wildman–Crippen LogP) is 5.56. The van der Waals surface area contributed by atoms with Crippen LogP contribution >= 0.6 is 46.3 Å². The van der Waals surface area contributed by atoms with E-state index in [1.54, 1.807) is 34.1 Å². The van der Waals surface area contributed by atoms with Crippen LogP contribution in [0.2, 0.25) is 10.0 Å². The van der Waals surface area contributed by atoms with Gasteiger partial charge >= 0.3 is 0 Å². The molecule has 156 valence electrons. The Kier molecular flexibility index (Phi) is 6.25. The number of allylic oxidation sites excluding steroid dienone is 1. The van der Waals surface area contributed by atoms with Crippen LogP contribution in [0.5, 0.6) is 0 Å². The lowest BCUT2D eigenvalue weighted by Gasteiger charge is -2.13. The van der Waals surface area contributed by atoms with Crippen molar-refractivity contribution >= 4 is 68.1 Å². The number of carbonyl (C=O) groups excluding carboxylic acids is 1. The number of hydrogen-bond donors (Lipinski definition) is 1. The molecule has 0 saturated carbocycles. The summed E-state index contributed by atoms with van der Waals surface area (Å²) in [5.41, 5.74) is 2.31. The maximum Gasteiger partial charge on any atom is 0.263 e. The molecule has 0 saturated heterocycles. The van der Waals surface area contributed by atoms with Crippen LogP contribution in [0.3, 0.4) is 0 Å². The fourth-order valence-corrected chi connectivity index (χ4v) is 6.09. The predicted molar refractivity (Wildman–Crippen MR) is 127 cm³/mol. The smallest absolute Gasteiger partial charge is 0.263 e. The summed E-state index contributed by atoms with van der Waals surface area (Å²) in [6, 6.07) is 5.03. The minimum absolute atomic E-state index is 0.0561. The van der Waals surface area contributed by atoms with Gasteiger partial charge in [0.15, 0.2) is 5.16 Å². The summed E-state index contributed by atoms with van der Waals surface area (Å²) >= 11 is 15.1. The zero-order chi connectivity index (χ0) is 21.4. The Labute approximate surface area is 192 Å². The van der Waals surface area contributed by atoms with Crippen LogP contribution in [-0.4, -0.2) is 21.2 Å². The number of rotatable bonds is 6. The maximum absolute atomic E-state index is 13.3. The number of benzene rings is 1. The first-order chi connectivity index (χ1) is 14.3. The van der Waals surface area contributed by atoms with Gasteiger partial charge in [0.25, 0.3) is 5.56 Å². The number of nitrogens with zero attached hydrogens (tertiary/aromatic N) is 2. The molecule has 4 rings (SSSR count). The SMILES string of the molecule is C=C(C)Cn1c(SCC(=O)Nc2c(Cl)cccc2Cl)nc2sc3c(c2c1=O)CCC3. The number of nitrogens with one attached hydrogen (secondary N) is 1. The molecule has 1 aliphatic rings. The number of thioether (sulfide) groups is 1. The highest BCUT2D eigenvalue weighted by Gasteiger charge is 2.23. The van der Waals surface area contributed by atoms with Crippen molar-refractivity contribution in [3.05, 3.63) is 61.2 Å². The van der Waals surface area contributed by atoms with Crippen LogP contribution in [0, 0.1) is 0 Å². The summed E-state index contributed by atoms with van der Waals surface area (Å²) in [5, 5.41) is 4.71. The molecule has 1 N–H and O–H groups in total. The molecule has 0 spiro atoms. The largest absolute Gasteiger partial charge is 0.323 e. The molecule has 0 atom stereocenters. The van der Waals surface area contributed by atoms with Gasteiger partial charge in [-0.05, 0) is 43.9 Å². The molecule has 0 aliphatic heterocycles. The summed E-state index contributed by atoms with van der Waals surface area (Å²) in [5.74, 6) is -0.208. The van der Waals surface area contributed by atoms with E-state index in [9.17, 15) is 9.59 Å². The Hall–Kier alpha value is -1.80. The van der Waals surface area contributed by atoms with Crippen LogP contribution < -0.4 is 10.9 Å². The second kappa shape index (κ2) is 8.75. The number of para-hydroxylation sites is 1. The van der Waals surface area contributed by atoms with Crippen LogP contribution in [0.15, 0.2) is 40.3 Å². The topological polar surface area (TPSA) is 64.0 Å². The molecule has 3 aromatic rings. The molecule has 0 radical (unpaired) electrons. The van der Waals surface area contributed by atoms with E-state index in [0.29, 0.717) is 27.4 Å². The lowest BCUT2D eigenvalue weighted by molar-refractivity contribution is -0.113. The number of hydrogen-bond acceptors (Lipinski definition) is 5. The number of halogens is 2. The Morgan fingerprint density at radius 3 is 2.77 bits per heavy atom. The molecular weight excluding hydrogens is 461 g/mol. The number of amides is 1. The molecule has 1 aliphatic carbocycles. The molecule has 9 heteroatoms. The molecular formula is C21H19Cl2N3O2S2. The van der Waals surface area contributed by atoms with Gasteiger partial charge in [-0.3, -0.25) is 14.2 Å². The van der Waals surface area contributed by atoms with Gasteiger partial charge in [-0.2, -0.15) is 0 Å². The van der Waals surface area contributed by atoms with Crippen LogP contribution in [-0.2, 0) is 24.2 Å². The normalized spacial score (nSPS) is 12.9. The Morgan fingerprint density at radius 2 is 2.07 bits per heavy atom. The van der Waals surface area contributed by atoms with E-state index in [1.165, 1.54) is 16.6 Å². The monoisotopic (exact) mass is 479 g/mol. The van der Waals surface area contributed by atoms with Gasteiger partial charge in [0.1, 0.15) is 4.83 Å². The highest BCUT2D eigenvalue weighted by Crippen LogP contribution is 2.36. The Balaban J connectivity index is 1.62. The summed E-state index contributed by atoms with van der Waals surface area (Å²) in [7, 11) is 0. The molecule has 0 unspecified atom stereocenters. The van der Waals surface area contributed by atoms with E-state index in [1.807, 2.05) is 6.92 Å². The van der Waals surface area contributed by atoms with Crippen molar-refractivity contribution < 1.29 is 4.79 Å². The van der Waals surface area contributed by atoms with Crippen LogP contribution in [0.1, 0.15) is 23.8 Å². The number of fused-ring (bicyclic) bond motifs is 3. The van der Waals surface area contributed by atoms with Crippen molar-refractivity contribution in [2.45, 2.75) is 37.9 Å². The third-order valence-corrected chi connectivity index (χ3v) is 7.57. The van der Waals surface area contributed by atoms with Gasteiger partial charge in [0.2, 0.25) is 5.91 Å². The summed E-state index contributed by atoms with van der Waals surface area (Å²) < 4.78 is 1.62. The highest BCUT2D eigenvalue weighted by atomic mass is 35.5. The number of carbonyl (C=O) groups is 1. The number of aryl methyl sites for hydroxylation is 2. The van der Waals surface area contributed by atoms with E-state index in [-0.39, 0.29) is 17.2 Å². The first-order valence-corrected chi connectivity index (χ1v) is 12.0. The fourth-order valence-electron chi connectivity index (χ4n) is 3.50. The molecule has 0 bridgehead atoms. The van der Waals surface area contributed by atoms with Gasteiger partial charge in [-0.15, -0.1) is 11.3 Å². The van der Waals surface area contributed by atoms with E-state index in [4.69, 9.17) is 28.2 Å². The van der Waals surface area contributed by atoms with E-state index in [0.717, 1.165) is 40.6 Å². The minimum Gasteiger partial charge on any atom is -0.323 e. The fraction of sp³-hybridized carbons (Fsp3) is 0.286. The number of anilines is 1. The summed E-state index contributed by atoms with van der Waals surface area (Å²) in [6.07, 6.45) is 3.00. The molecule has 1 amide bonds. The molecule has 0 fully saturated rings. The van der Waals surface area contributed by atoms with Gasteiger partial charge in [-0.25, -0.2) is 4.98 Å². The third kappa shape index (κ3) is 4.17. The van der Waals surface area contributed by atoms with Crippen LogP contribution in [0.4, 0.5) is 5.69 Å². The lowest BCUT2D eigenvalue weighted by atomic mass is 10.2. The van der Waals surface area contributed by atoms with Crippen LogP contribution in [0.25, 0.3) is 10.2 Å². The van der Waals surface area contributed by atoms with Gasteiger partial charge in [-0.1, -0.05) is 53.2 Å². The van der Waals surface area contributed by atoms with Crippen molar-refractivity contribution in [2.24, 2.45) is 0 Å². The average Bonchev–Trinajstić information content (AvgIpc) is 3.26. The van der Waals surface area contributed by atoms with Gasteiger partial charge in [0.05, 0.1) is 26.9 Å². The highest BCUT2D eigenvalue weighted by molar-refractivity contribution is 7.99. The van der Waals surface area contributed by atoms with E-state index in [2.05, 4.69) is 11.9 Å². The summed E-state index contributed by atoms with van der Waals surface area (Å²) in [4.78, 5) is 32.5. The van der Waals surface area contributed by atoms with Crippen molar-refractivity contribution in [2.75, 3.05) is 11.1 Å². The van der Waals surface area contributed by atoms with Crippen molar-refractivity contribution in [1.29, 1.82) is 0 Å². The molecule has 30 heavy (non-hydrogen) atoms. The molecule has 5 nitrogen and oxygen atoms in total. The zero-order valence-electron chi connectivity index (χ0n) is 16.3. The second-order valence-corrected chi connectivity index (χ2v) is 10.1. The van der Waals surface area contributed by atoms with Crippen molar-refractivity contribution in [3.8, 4) is 0 Å². The van der Waals surface area contributed by atoms with Gasteiger partial charge in [0, 0.05) is 11.4 Å². The zero-order valence-corrected chi connectivity index (χ0v) is 19.4. The first-order valence-electron chi connectivity index (χ1n) is 9.41. The first kappa shape index (κ1) is 21.4. The number of thiophene rings is 1. The summed E-state index contributed by atoms with van der Waals surface area (Å²) in [6.45, 7) is 6.18. The number of aromatic nitrogens is 2. The molecule has 2 aromatic heterocycles. The third-order valence-electron chi connectivity index (χ3n) is 4.78. The Bertz CT molecular complexity index is 1210. The molecule has 2 heterocycles. The minimum atomic E-state index is -0.278. The van der Waals surface area contributed by atoms with Crippen molar-refractivity contribution in [3.63, 3.8) is 0 Å². The standard InChI is InChI=1S/C21H19Cl2N3O2S2/c1-11(2)9-26-20(28)17-12-5-3-8-15(12)30-19(17)25-21(26)29-10-16(27)24-18-13(22)6-4-7-14(18)23/h4,6-7H,1,3,5,8-10H2,2H3,(H,24,27). The maximum atomic E-state index is 13.3. The molecule has 1 aromatic carbocycles. The van der Waals surface area contributed by atoms with Crippen molar-refractivity contribution in [1.82, 2.24) is 9.55 Å². The van der Waals surface area contributed by atoms with E-state index >= 15 is 0 Å². The average molecular weight is 480 g/mol.